The standard InChI is InChI=1S/C12H28NP2Te/c1-9(2)14(10(3)4)13-15(16,11(5)6)12(7)8/h9-12H,1-8H3/q-1. The van der Waals surface area contributed by atoms with Crippen molar-refractivity contribution in [3.63, 3.8) is 0 Å². The van der Waals surface area contributed by atoms with Gasteiger partial charge < -0.3 is 0 Å². The van der Waals surface area contributed by atoms with Gasteiger partial charge in [0.05, 0.1) is 0 Å². The first-order valence-electron chi connectivity index (χ1n) is 6.23. The monoisotopic (exact) mass is 378 g/mol. The van der Waals surface area contributed by atoms with Gasteiger partial charge in [0.15, 0.2) is 0 Å². The molecule has 0 saturated carbocycles. The Kier molecular flexibility index (Phi) is 7.99. The predicted octanol–water partition coefficient (Wildman–Crippen LogP) is 5.41. The van der Waals surface area contributed by atoms with Crippen LogP contribution in [0, 0.1) is 0 Å². The second-order valence-electron chi connectivity index (χ2n) is 5.52. The molecule has 98 valence electrons. The minimum atomic E-state index is -1.11. The van der Waals surface area contributed by atoms with E-state index in [1.54, 1.807) is 0 Å². The van der Waals surface area contributed by atoms with E-state index in [2.05, 4.69) is 76.6 Å². The molecule has 16 heavy (non-hydrogen) atoms. The second kappa shape index (κ2) is 7.26. The van der Waals surface area contributed by atoms with Crippen molar-refractivity contribution in [2.75, 3.05) is 0 Å². The topological polar surface area (TPSA) is 14.1 Å². The zero-order chi connectivity index (χ0) is 13.1. The summed E-state index contributed by atoms with van der Waals surface area (Å²) in [7, 11) is -0.155. The van der Waals surface area contributed by atoms with Crippen molar-refractivity contribution in [3.8, 4) is 0 Å². The Bertz CT molecular complexity index is 229. The third-order valence-electron chi connectivity index (χ3n) is 2.78. The van der Waals surface area contributed by atoms with E-state index in [1.165, 1.54) is 0 Å². The molecular weight excluding hydrogens is 348 g/mol. The van der Waals surface area contributed by atoms with Gasteiger partial charge in [-0.15, -0.1) is 0 Å². The maximum absolute atomic E-state index is 5.39. The van der Waals surface area contributed by atoms with Gasteiger partial charge in [-0.2, -0.15) is 0 Å². The van der Waals surface area contributed by atoms with Gasteiger partial charge >= 0.3 is 117 Å². The average molecular weight is 376 g/mol. The summed E-state index contributed by atoms with van der Waals surface area (Å²) in [4.78, 5) is 5.39. The summed E-state index contributed by atoms with van der Waals surface area (Å²) in [5.74, 6) is 0. The summed E-state index contributed by atoms with van der Waals surface area (Å²) >= 11 is 2.36. The van der Waals surface area contributed by atoms with Crippen molar-refractivity contribution < 1.29 is 0 Å². The summed E-state index contributed by atoms with van der Waals surface area (Å²) in [6.45, 7) is 18.8. The van der Waals surface area contributed by atoms with Gasteiger partial charge in [-0.05, 0) is 0 Å². The van der Waals surface area contributed by atoms with Crippen LogP contribution in [0.3, 0.4) is 0 Å². The molecule has 0 aromatic rings. The van der Waals surface area contributed by atoms with Crippen LogP contribution in [0.25, 0.3) is 4.86 Å². The molecule has 0 N–H and O–H groups in total. The van der Waals surface area contributed by atoms with E-state index in [9.17, 15) is 0 Å². The molecule has 0 spiro atoms. The maximum atomic E-state index is 5.39. The Morgan fingerprint density at radius 2 is 1.12 bits per heavy atom. The molecule has 0 aliphatic carbocycles. The van der Waals surface area contributed by atoms with Gasteiger partial charge in [0.1, 0.15) is 0 Å². The summed E-state index contributed by atoms with van der Waals surface area (Å²) in [5.41, 5.74) is 2.93. The van der Waals surface area contributed by atoms with Crippen molar-refractivity contribution in [2.24, 2.45) is 0 Å². The van der Waals surface area contributed by atoms with E-state index in [4.69, 9.17) is 4.86 Å². The van der Waals surface area contributed by atoms with E-state index in [0.29, 0.717) is 0 Å². The fraction of sp³-hybridized carbons (Fsp3) is 1.00. The van der Waals surface area contributed by atoms with E-state index < -0.39 is 4.64 Å². The van der Waals surface area contributed by atoms with E-state index in [0.717, 1.165) is 22.6 Å². The fourth-order valence-electron chi connectivity index (χ4n) is 1.77. The Morgan fingerprint density at radius 1 is 0.812 bits per heavy atom. The molecular formula is C12H28NP2Te-. The average Bonchev–Trinajstić information content (AvgIpc) is 2.11. The molecule has 0 aromatic heterocycles. The molecule has 0 amide bonds. The van der Waals surface area contributed by atoms with E-state index in [1.807, 2.05) is 0 Å². The molecule has 0 aromatic carbocycles. The predicted molar refractivity (Wildman–Crippen MR) is 83.5 cm³/mol. The molecule has 0 atom stereocenters. The quantitative estimate of drug-likeness (QED) is 0.435. The zero-order valence-corrected chi connectivity index (χ0v) is 16.2. The van der Waals surface area contributed by atoms with E-state index in [-0.39, 0.29) is 8.07 Å². The molecule has 0 fully saturated rings. The molecule has 0 radical (unpaired) electrons. The van der Waals surface area contributed by atoms with Crippen molar-refractivity contribution in [1.82, 2.24) is 0 Å². The van der Waals surface area contributed by atoms with Crippen LogP contribution < -0.4 is 0 Å². The van der Waals surface area contributed by atoms with Gasteiger partial charge in [-0.3, -0.25) is 0 Å². The zero-order valence-electron chi connectivity index (χ0n) is 12.1. The second-order valence-corrected chi connectivity index (χ2v) is 17.5. The van der Waals surface area contributed by atoms with E-state index >= 15 is 0 Å². The normalized spacial score (nSPS) is 13.8. The number of rotatable bonds is 6. The van der Waals surface area contributed by atoms with Crippen molar-refractivity contribution in [3.05, 3.63) is 4.86 Å². The van der Waals surface area contributed by atoms with Gasteiger partial charge in [-0.25, -0.2) is 0 Å². The molecule has 4 heteroatoms. The van der Waals surface area contributed by atoms with Crippen LogP contribution in [-0.2, 0) is 0 Å². The number of hydrogen-bond donors (Lipinski definition) is 0. The molecule has 0 bridgehead atoms. The van der Waals surface area contributed by atoms with Crippen LogP contribution in [0.2, 0.25) is 0 Å². The molecule has 0 unspecified atom stereocenters. The van der Waals surface area contributed by atoms with Crippen molar-refractivity contribution in [2.45, 2.75) is 78.0 Å². The molecule has 0 saturated heterocycles. The summed E-state index contributed by atoms with van der Waals surface area (Å²) in [5, 5.41) is 0. The minimum absolute atomic E-state index is 0.155. The van der Waals surface area contributed by atoms with Gasteiger partial charge in [0.2, 0.25) is 0 Å². The van der Waals surface area contributed by atoms with Crippen LogP contribution in [0.15, 0.2) is 0 Å². The Labute approximate surface area is 116 Å². The first kappa shape index (κ1) is 17.6. The van der Waals surface area contributed by atoms with Crippen LogP contribution in [-0.4, -0.2) is 43.9 Å². The van der Waals surface area contributed by atoms with Gasteiger partial charge in [-0.1, -0.05) is 0 Å². The van der Waals surface area contributed by atoms with Crippen molar-refractivity contribution in [1.29, 1.82) is 0 Å². The molecule has 0 rings (SSSR count). The molecule has 0 heterocycles. The van der Waals surface area contributed by atoms with Gasteiger partial charge in [0.25, 0.3) is 0 Å². The van der Waals surface area contributed by atoms with Gasteiger partial charge in [0, 0.05) is 0 Å². The molecule has 1 nitrogen and oxygen atoms in total. The Morgan fingerprint density at radius 3 is 1.31 bits per heavy atom. The third-order valence-corrected chi connectivity index (χ3v) is 18.9. The summed E-state index contributed by atoms with van der Waals surface area (Å²) in [6.07, 6.45) is 0. The Hall–Kier alpha value is 1.61. The SMILES string of the molecule is CC(C)P([N-]P(=[Te])(C(C)C)C(C)C)C(C)C. The van der Waals surface area contributed by atoms with Crippen LogP contribution in [0.1, 0.15) is 55.4 Å². The van der Waals surface area contributed by atoms with Crippen LogP contribution in [0.5, 0.6) is 0 Å². The Balaban J connectivity index is 4.94. The number of hydrogen-bond acceptors (Lipinski definition) is 0. The summed E-state index contributed by atoms with van der Waals surface area (Å²) in [6, 6.07) is 0. The third kappa shape index (κ3) is 4.71. The molecule has 0 aliphatic heterocycles. The summed E-state index contributed by atoms with van der Waals surface area (Å²) < 4.78 is -1.11. The van der Waals surface area contributed by atoms with Crippen LogP contribution in [0.4, 0.5) is 0 Å². The number of nitrogens with zero attached hydrogens (tertiary/aromatic N) is 1. The first-order chi connectivity index (χ1) is 7.12. The fourth-order valence-corrected chi connectivity index (χ4v) is 10.9. The van der Waals surface area contributed by atoms with Crippen LogP contribution >= 0.6 is 12.7 Å². The van der Waals surface area contributed by atoms with Crippen molar-refractivity contribution >= 4 is 33.9 Å². The molecule has 0 aliphatic rings. The first-order valence-corrected chi connectivity index (χ1v) is 12.6.